The largest absolute Gasteiger partial charge is 0.339 e. The van der Waals surface area contributed by atoms with Crippen molar-refractivity contribution >= 4 is 28.9 Å². The maximum atomic E-state index is 12.9. The highest BCUT2D eigenvalue weighted by molar-refractivity contribution is 5.94. The lowest BCUT2D eigenvalue weighted by atomic mass is 10.1. The van der Waals surface area contributed by atoms with E-state index in [0.717, 1.165) is 5.69 Å². The van der Waals surface area contributed by atoms with E-state index in [0.29, 0.717) is 23.0 Å². The van der Waals surface area contributed by atoms with E-state index in [2.05, 4.69) is 25.8 Å². The number of nitrogens with one attached hydrogen (secondary N) is 2. The van der Waals surface area contributed by atoms with Gasteiger partial charge in [0.2, 0.25) is 5.95 Å². The lowest BCUT2D eigenvalue weighted by Gasteiger charge is -2.08. The summed E-state index contributed by atoms with van der Waals surface area (Å²) in [6, 6.07) is 12.9. The van der Waals surface area contributed by atoms with E-state index in [1.807, 2.05) is 0 Å². The molecule has 1 aromatic heterocycles. The molecular weight excluding hydrogens is 309 g/mol. The van der Waals surface area contributed by atoms with Crippen LogP contribution in [-0.2, 0) is 0 Å². The van der Waals surface area contributed by atoms with Gasteiger partial charge in [0.1, 0.15) is 5.82 Å². The van der Waals surface area contributed by atoms with Crippen molar-refractivity contribution in [1.29, 1.82) is 0 Å². The summed E-state index contributed by atoms with van der Waals surface area (Å²) in [5.41, 5.74) is 2.06. The number of carbonyl (C=O) groups is 1. The Morgan fingerprint density at radius 2 is 1.58 bits per heavy atom. The highest BCUT2D eigenvalue weighted by Gasteiger charge is 2.04. The molecule has 0 saturated heterocycles. The monoisotopic (exact) mass is 323 g/mol. The van der Waals surface area contributed by atoms with Crippen LogP contribution in [0.1, 0.15) is 17.3 Å². The van der Waals surface area contributed by atoms with E-state index in [1.165, 1.54) is 25.3 Å². The summed E-state index contributed by atoms with van der Waals surface area (Å²) in [7, 11) is 0. The van der Waals surface area contributed by atoms with Gasteiger partial charge >= 0.3 is 0 Å². The molecule has 2 N–H and O–H groups in total. The molecule has 0 spiro atoms. The molecule has 0 aliphatic carbocycles. The SMILES string of the molecule is CC(=O)c1ccc(Nc2nncc(Nc3ccc(F)cc3)n2)cc1. The molecule has 0 atom stereocenters. The van der Waals surface area contributed by atoms with Gasteiger partial charge in [-0.2, -0.15) is 10.1 Å². The van der Waals surface area contributed by atoms with Crippen molar-refractivity contribution in [3.8, 4) is 0 Å². The third kappa shape index (κ3) is 3.89. The van der Waals surface area contributed by atoms with E-state index >= 15 is 0 Å². The molecule has 0 saturated carbocycles. The minimum Gasteiger partial charge on any atom is -0.339 e. The molecule has 3 rings (SSSR count). The predicted octanol–water partition coefficient (Wildman–Crippen LogP) is 3.70. The molecule has 3 aromatic rings. The third-order valence-corrected chi connectivity index (χ3v) is 3.22. The molecule has 0 aliphatic heterocycles. The first-order valence-corrected chi connectivity index (χ1v) is 7.20. The summed E-state index contributed by atoms with van der Waals surface area (Å²) in [6.07, 6.45) is 1.47. The van der Waals surface area contributed by atoms with E-state index in [1.54, 1.807) is 36.4 Å². The van der Waals surface area contributed by atoms with Crippen LogP contribution in [0, 0.1) is 5.82 Å². The highest BCUT2D eigenvalue weighted by Crippen LogP contribution is 2.17. The first-order valence-electron chi connectivity index (χ1n) is 7.20. The van der Waals surface area contributed by atoms with Gasteiger partial charge in [-0.15, -0.1) is 5.10 Å². The van der Waals surface area contributed by atoms with Crippen LogP contribution in [0.15, 0.2) is 54.7 Å². The molecular formula is C17H14FN5O. The first-order chi connectivity index (χ1) is 11.6. The summed E-state index contributed by atoms with van der Waals surface area (Å²) < 4.78 is 12.9. The molecule has 24 heavy (non-hydrogen) atoms. The van der Waals surface area contributed by atoms with Crippen LogP contribution in [0.3, 0.4) is 0 Å². The summed E-state index contributed by atoms with van der Waals surface area (Å²) in [4.78, 5) is 15.6. The number of carbonyl (C=O) groups excluding carboxylic acids is 1. The number of rotatable bonds is 5. The zero-order chi connectivity index (χ0) is 16.9. The fraction of sp³-hybridized carbons (Fsp3) is 0.0588. The van der Waals surface area contributed by atoms with Crippen LogP contribution in [0.2, 0.25) is 0 Å². The van der Waals surface area contributed by atoms with Crippen molar-refractivity contribution in [2.75, 3.05) is 10.6 Å². The van der Waals surface area contributed by atoms with Gasteiger partial charge in [-0.25, -0.2) is 4.39 Å². The standard InChI is InChI=1S/C17H14FN5O/c1-11(24)12-2-6-15(7-3-12)21-17-22-16(10-19-23-17)20-14-8-4-13(18)5-9-14/h2-10H,1H3,(H2,20,21,22,23). The summed E-state index contributed by atoms with van der Waals surface area (Å²) in [5.74, 6) is 0.472. The lowest BCUT2D eigenvalue weighted by molar-refractivity contribution is 0.101. The molecule has 0 amide bonds. The Labute approximate surface area is 137 Å². The second kappa shape index (κ2) is 6.82. The van der Waals surface area contributed by atoms with Crippen LogP contribution in [0.25, 0.3) is 0 Å². The maximum absolute atomic E-state index is 12.9. The van der Waals surface area contributed by atoms with Gasteiger partial charge in [0.05, 0.1) is 6.20 Å². The molecule has 2 aromatic carbocycles. The van der Waals surface area contributed by atoms with Crippen molar-refractivity contribution in [2.45, 2.75) is 6.92 Å². The van der Waals surface area contributed by atoms with Crippen LogP contribution in [0.5, 0.6) is 0 Å². The lowest BCUT2D eigenvalue weighted by Crippen LogP contribution is -2.02. The Morgan fingerprint density at radius 1 is 0.958 bits per heavy atom. The second-order valence-electron chi connectivity index (χ2n) is 5.06. The number of benzene rings is 2. The topological polar surface area (TPSA) is 79.8 Å². The smallest absolute Gasteiger partial charge is 0.249 e. The Morgan fingerprint density at radius 3 is 2.25 bits per heavy atom. The van der Waals surface area contributed by atoms with Crippen LogP contribution >= 0.6 is 0 Å². The molecule has 0 unspecified atom stereocenters. The Hall–Kier alpha value is -3.35. The molecule has 7 heteroatoms. The number of nitrogens with zero attached hydrogens (tertiary/aromatic N) is 3. The molecule has 0 radical (unpaired) electrons. The number of hydrogen-bond donors (Lipinski definition) is 2. The van der Waals surface area contributed by atoms with Gasteiger partial charge in [0.15, 0.2) is 11.6 Å². The fourth-order valence-electron chi connectivity index (χ4n) is 2.02. The number of halogens is 1. The zero-order valence-corrected chi connectivity index (χ0v) is 12.8. The average molecular weight is 323 g/mol. The molecule has 6 nitrogen and oxygen atoms in total. The van der Waals surface area contributed by atoms with Crippen molar-refractivity contribution in [1.82, 2.24) is 15.2 Å². The van der Waals surface area contributed by atoms with Gasteiger partial charge in [-0.3, -0.25) is 4.79 Å². The van der Waals surface area contributed by atoms with E-state index < -0.39 is 0 Å². The molecule has 0 bridgehead atoms. The van der Waals surface area contributed by atoms with Crippen molar-refractivity contribution in [3.63, 3.8) is 0 Å². The van der Waals surface area contributed by atoms with Crippen LogP contribution in [-0.4, -0.2) is 21.0 Å². The molecule has 0 aliphatic rings. The van der Waals surface area contributed by atoms with Crippen LogP contribution < -0.4 is 10.6 Å². The fourth-order valence-corrected chi connectivity index (χ4v) is 2.02. The van der Waals surface area contributed by atoms with Crippen molar-refractivity contribution < 1.29 is 9.18 Å². The van der Waals surface area contributed by atoms with Crippen molar-refractivity contribution in [2.24, 2.45) is 0 Å². The van der Waals surface area contributed by atoms with Gasteiger partial charge in [-0.1, -0.05) is 0 Å². The van der Waals surface area contributed by atoms with Gasteiger partial charge in [0.25, 0.3) is 0 Å². The first kappa shape index (κ1) is 15.5. The van der Waals surface area contributed by atoms with Crippen molar-refractivity contribution in [3.05, 3.63) is 66.1 Å². The summed E-state index contributed by atoms with van der Waals surface area (Å²) >= 11 is 0. The number of ketones is 1. The number of aromatic nitrogens is 3. The molecule has 1 heterocycles. The van der Waals surface area contributed by atoms with E-state index in [9.17, 15) is 9.18 Å². The second-order valence-corrected chi connectivity index (χ2v) is 5.06. The quantitative estimate of drug-likeness (QED) is 0.697. The molecule has 120 valence electrons. The number of Topliss-reactive ketones (excluding diaryl/α,β-unsaturated/α-hetero) is 1. The van der Waals surface area contributed by atoms with Gasteiger partial charge < -0.3 is 10.6 Å². The van der Waals surface area contributed by atoms with Gasteiger partial charge in [-0.05, 0) is 55.5 Å². The van der Waals surface area contributed by atoms with E-state index in [4.69, 9.17) is 0 Å². The summed E-state index contributed by atoms with van der Waals surface area (Å²) in [5, 5.41) is 13.8. The Kier molecular flexibility index (Phi) is 4.42. The Bertz CT molecular complexity index is 850. The number of anilines is 4. The minimum atomic E-state index is -0.308. The number of hydrogen-bond acceptors (Lipinski definition) is 6. The third-order valence-electron chi connectivity index (χ3n) is 3.22. The highest BCUT2D eigenvalue weighted by atomic mass is 19.1. The summed E-state index contributed by atoms with van der Waals surface area (Å²) in [6.45, 7) is 1.51. The zero-order valence-electron chi connectivity index (χ0n) is 12.8. The Balaban J connectivity index is 1.72. The minimum absolute atomic E-state index is 0.00459. The van der Waals surface area contributed by atoms with E-state index in [-0.39, 0.29) is 11.6 Å². The van der Waals surface area contributed by atoms with Crippen LogP contribution in [0.4, 0.5) is 27.5 Å². The molecule has 0 fully saturated rings. The average Bonchev–Trinajstić information content (AvgIpc) is 2.58. The normalized spacial score (nSPS) is 10.2. The predicted molar refractivity (Wildman–Crippen MR) is 89.2 cm³/mol. The maximum Gasteiger partial charge on any atom is 0.249 e. The van der Waals surface area contributed by atoms with Gasteiger partial charge in [0, 0.05) is 16.9 Å².